The van der Waals surface area contributed by atoms with E-state index < -0.39 is 0 Å². The van der Waals surface area contributed by atoms with Crippen LogP contribution < -0.4 is 5.32 Å². The van der Waals surface area contributed by atoms with Crippen molar-refractivity contribution in [3.8, 4) is 28.7 Å². The third-order valence-corrected chi connectivity index (χ3v) is 7.03. The van der Waals surface area contributed by atoms with E-state index in [0.29, 0.717) is 5.56 Å². The van der Waals surface area contributed by atoms with Crippen molar-refractivity contribution in [2.75, 3.05) is 5.32 Å². The second kappa shape index (κ2) is 8.68. The first-order chi connectivity index (χ1) is 16.7. The van der Waals surface area contributed by atoms with Crippen LogP contribution in [0.5, 0.6) is 0 Å². The Hall–Kier alpha value is -3.95. The molecular formula is C29H27N5S. The first kappa shape index (κ1) is 22.8. The normalized spacial score (nSPS) is 11.5. The Morgan fingerprint density at radius 2 is 1.74 bits per heavy atom. The maximum absolute atomic E-state index is 9.02. The van der Waals surface area contributed by atoms with Crippen LogP contribution in [0.4, 0.5) is 10.8 Å². The largest absolute Gasteiger partial charge is 0.331 e. The molecule has 5 nitrogen and oxygen atoms in total. The zero-order valence-corrected chi connectivity index (χ0v) is 21.4. The highest BCUT2D eigenvalue weighted by Crippen LogP contribution is 2.33. The number of aromatic nitrogens is 3. The first-order valence-electron chi connectivity index (χ1n) is 11.5. The Bertz CT molecular complexity index is 1580. The molecule has 0 unspecified atom stereocenters. The molecule has 0 saturated carbocycles. The van der Waals surface area contributed by atoms with Gasteiger partial charge < -0.3 is 9.88 Å². The summed E-state index contributed by atoms with van der Waals surface area (Å²) < 4.78 is 2.17. The molecule has 0 aliphatic rings. The molecule has 6 heteroatoms. The minimum Gasteiger partial charge on any atom is -0.331 e. The molecular weight excluding hydrogens is 450 g/mol. The summed E-state index contributed by atoms with van der Waals surface area (Å²) in [5.74, 6) is 0.958. The van der Waals surface area contributed by atoms with E-state index in [1.54, 1.807) is 11.3 Å². The van der Waals surface area contributed by atoms with E-state index in [0.717, 1.165) is 50.1 Å². The lowest BCUT2D eigenvalue weighted by Crippen LogP contribution is -2.11. The Balaban J connectivity index is 1.46. The maximum Gasteiger partial charge on any atom is 0.187 e. The number of benzene rings is 3. The predicted octanol–water partition coefficient (Wildman–Crippen LogP) is 7.59. The fourth-order valence-electron chi connectivity index (χ4n) is 4.15. The molecule has 0 bridgehead atoms. The lowest BCUT2D eigenvalue weighted by molar-refractivity contribution is 0.590. The van der Waals surface area contributed by atoms with Crippen molar-refractivity contribution in [1.82, 2.24) is 14.5 Å². The van der Waals surface area contributed by atoms with Crippen LogP contribution in [0.3, 0.4) is 0 Å². The summed E-state index contributed by atoms with van der Waals surface area (Å²) in [4.78, 5) is 9.75. The standard InChI is InChI=1S/C29H27N5S/c1-18-13-26-24(31-27(34(26)5)21-7-6-8-22(14-21)29(2,3)4)15-23(18)32-28-33-25(17-35-28)20-11-9-19(16-30)10-12-20/h6-15,17H,1-5H3,(H,32,33). The van der Waals surface area contributed by atoms with Gasteiger partial charge >= 0.3 is 0 Å². The quantitative estimate of drug-likeness (QED) is 0.290. The molecule has 2 aromatic heterocycles. The number of nitrogens with zero attached hydrogens (tertiary/aromatic N) is 4. The van der Waals surface area contributed by atoms with Crippen molar-refractivity contribution in [2.24, 2.45) is 7.05 Å². The van der Waals surface area contributed by atoms with Crippen LogP contribution in [0, 0.1) is 18.3 Å². The molecule has 0 saturated heterocycles. The number of imidazole rings is 1. The fraction of sp³-hybridized carbons (Fsp3) is 0.207. The molecule has 0 amide bonds. The highest BCUT2D eigenvalue weighted by Gasteiger charge is 2.17. The molecule has 1 N–H and O–H groups in total. The SMILES string of the molecule is Cc1cc2c(cc1Nc1nc(-c3ccc(C#N)cc3)cs1)nc(-c1cccc(C(C)(C)C)c1)n2C. The summed E-state index contributed by atoms with van der Waals surface area (Å²) in [6.45, 7) is 8.79. The van der Waals surface area contributed by atoms with Crippen molar-refractivity contribution >= 4 is 33.2 Å². The zero-order chi connectivity index (χ0) is 24.7. The number of nitriles is 1. The van der Waals surface area contributed by atoms with E-state index in [1.807, 2.05) is 29.6 Å². The summed E-state index contributed by atoms with van der Waals surface area (Å²) in [6.07, 6.45) is 0. The third-order valence-electron chi connectivity index (χ3n) is 6.27. The van der Waals surface area contributed by atoms with E-state index >= 15 is 0 Å². The summed E-state index contributed by atoms with van der Waals surface area (Å²) in [7, 11) is 2.08. The molecule has 0 radical (unpaired) electrons. The van der Waals surface area contributed by atoms with E-state index in [-0.39, 0.29) is 5.41 Å². The van der Waals surface area contributed by atoms with Crippen LogP contribution >= 0.6 is 11.3 Å². The number of thiazole rings is 1. The smallest absolute Gasteiger partial charge is 0.187 e. The van der Waals surface area contributed by atoms with Gasteiger partial charge in [0.05, 0.1) is 28.4 Å². The van der Waals surface area contributed by atoms with Gasteiger partial charge in [-0.25, -0.2) is 9.97 Å². The molecule has 0 aliphatic carbocycles. The van der Waals surface area contributed by atoms with Gasteiger partial charge in [-0.15, -0.1) is 11.3 Å². The second-order valence-corrected chi connectivity index (χ2v) is 10.7. The van der Waals surface area contributed by atoms with Crippen molar-refractivity contribution in [2.45, 2.75) is 33.1 Å². The molecule has 3 aromatic carbocycles. The van der Waals surface area contributed by atoms with Gasteiger partial charge in [0.25, 0.3) is 0 Å². The van der Waals surface area contributed by atoms with E-state index in [4.69, 9.17) is 15.2 Å². The Morgan fingerprint density at radius 3 is 2.46 bits per heavy atom. The molecule has 2 heterocycles. The first-order valence-corrected chi connectivity index (χ1v) is 12.4. The van der Waals surface area contributed by atoms with E-state index in [1.165, 1.54) is 5.56 Å². The van der Waals surface area contributed by atoms with Crippen molar-refractivity contribution in [3.63, 3.8) is 0 Å². The van der Waals surface area contributed by atoms with Crippen molar-refractivity contribution in [3.05, 3.63) is 82.7 Å². The number of hydrogen-bond acceptors (Lipinski definition) is 5. The minimum absolute atomic E-state index is 0.0819. The Morgan fingerprint density at radius 1 is 0.971 bits per heavy atom. The fourth-order valence-corrected chi connectivity index (χ4v) is 4.89. The van der Waals surface area contributed by atoms with Crippen LogP contribution in [0.2, 0.25) is 0 Å². The van der Waals surface area contributed by atoms with Gasteiger partial charge in [0.1, 0.15) is 5.82 Å². The highest BCUT2D eigenvalue weighted by molar-refractivity contribution is 7.14. The maximum atomic E-state index is 9.02. The summed E-state index contributed by atoms with van der Waals surface area (Å²) >= 11 is 1.56. The predicted molar refractivity (Wildman–Crippen MR) is 145 cm³/mol. The number of anilines is 2. The van der Waals surface area contributed by atoms with Crippen LogP contribution in [0.1, 0.15) is 37.5 Å². The van der Waals surface area contributed by atoms with Gasteiger partial charge in [0.15, 0.2) is 5.13 Å². The lowest BCUT2D eigenvalue weighted by atomic mass is 9.86. The monoisotopic (exact) mass is 477 g/mol. The number of nitrogens with one attached hydrogen (secondary N) is 1. The Kier molecular flexibility index (Phi) is 5.66. The van der Waals surface area contributed by atoms with E-state index in [2.05, 4.69) is 87.1 Å². The van der Waals surface area contributed by atoms with Gasteiger partial charge in [-0.1, -0.05) is 51.1 Å². The molecule has 174 valence electrons. The van der Waals surface area contributed by atoms with Crippen LogP contribution in [0.15, 0.2) is 66.0 Å². The molecule has 0 atom stereocenters. The van der Waals surface area contributed by atoms with Gasteiger partial charge in [-0.05, 0) is 53.8 Å². The van der Waals surface area contributed by atoms with Gasteiger partial charge in [-0.3, -0.25) is 0 Å². The average Bonchev–Trinajstić information content (AvgIpc) is 3.44. The topological polar surface area (TPSA) is 66.5 Å². The summed E-state index contributed by atoms with van der Waals surface area (Å²) in [6, 6.07) is 22.6. The highest BCUT2D eigenvalue weighted by atomic mass is 32.1. The lowest BCUT2D eigenvalue weighted by Gasteiger charge is -2.19. The number of aryl methyl sites for hydroxylation is 2. The second-order valence-electron chi connectivity index (χ2n) is 9.83. The average molecular weight is 478 g/mol. The van der Waals surface area contributed by atoms with Crippen LogP contribution in [-0.4, -0.2) is 14.5 Å². The number of fused-ring (bicyclic) bond motifs is 1. The van der Waals surface area contributed by atoms with Crippen molar-refractivity contribution in [1.29, 1.82) is 5.26 Å². The minimum atomic E-state index is 0.0819. The summed E-state index contributed by atoms with van der Waals surface area (Å²) in [5, 5.41) is 15.3. The number of rotatable bonds is 4. The number of hydrogen-bond donors (Lipinski definition) is 1. The zero-order valence-electron chi connectivity index (χ0n) is 20.5. The molecule has 0 aliphatic heterocycles. The van der Waals surface area contributed by atoms with Gasteiger partial charge in [-0.2, -0.15) is 5.26 Å². The van der Waals surface area contributed by atoms with E-state index in [9.17, 15) is 0 Å². The van der Waals surface area contributed by atoms with Gasteiger partial charge in [0.2, 0.25) is 0 Å². The van der Waals surface area contributed by atoms with Crippen LogP contribution in [0.25, 0.3) is 33.7 Å². The molecule has 35 heavy (non-hydrogen) atoms. The van der Waals surface area contributed by atoms with Crippen molar-refractivity contribution < 1.29 is 0 Å². The van der Waals surface area contributed by atoms with Crippen LogP contribution in [-0.2, 0) is 12.5 Å². The van der Waals surface area contributed by atoms with Gasteiger partial charge in [0, 0.05) is 29.2 Å². The molecule has 5 rings (SSSR count). The molecule has 5 aromatic rings. The molecule has 0 spiro atoms. The third kappa shape index (κ3) is 4.43. The summed E-state index contributed by atoms with van der Waals surface area (Å²) in [5.41, 5.74) is 9.19. The molecule has 0 fully saturated rings. The Labute approximate surface area is 209 Å².